The van der Waals surface area contributed by atoms with Crippen LogP contribution >= 0.6 is 12.2 Å². The van der Waals surface area contributed by atoms with Crippen molar-refractivity contribution < 1.29 is 18.7 Å². The Morgan fingerprint density at radius 1 is 1.06 bits per heavy atom. The third-order valence-electron chi connectivity index (χ3n) is 5.80. The molecule has 0 radical (unpaired) electrons. The maximum atomic E-state index is 12.8. The summed E-state index contributed by atoms with van der Waals surface area (Å²) in [5.74, 6) is 1.18. The lowest BCUT2D eigenvalue weighted by molar-refractivity contribution is -0.128. The summed E-state index contributed by atoms with van der Waals surface area (Å²) in [6.07, 6.45) is 2.94. The van der Waals surface area contributed by atoms with Crippen molar-refractivity contribution in [3.63, 3.8) is 0 Å². The highest BCUT2D eigenvalue weighted by Crippen LogP contribution is 2.24. The molecule has 190 valence electrons. The van der Waals surface area contributed by atoms with Crippen LogP contribution in [0.15, 0.2) is 65.3 Å². The molecule has 36 heavy (non-hydrogen) atoms. The number of rotatable bonds is 10. The average molecular weight is 508 g/mol. The first-order valence-corrected chi connectivity index (χ1v) is 12.3. The lowest BCUT2D eigenvalue weighted by Crippen LogP contribution is -2.42. The van der Waals surface area contributed by atoms with Crippen molar-refractivity contribution >= 4 is 34.8 Å². The van der Waals surface area contributed by atoms with Crippen LogP contribution in [0.25, 0.3) is 0 Å². The van der Waals surface area contributed by atoms with Crippen molar-refractivity contribution in [2.75, 3.05) is 11.9 Å². The summed E-state index contributed by atoms with van der Waals surface area (Å²) in [6, 6.07) is 16.5. The Kier molecular flexibility index (Phi) is 9.25. The largest absolute Gasteiger partial charge is 0.493 e. The molecule has 0 aliphatic heterocycles. The SMILES string of the molecule is Cc1ccc(C)c(OCCCC(C)(C)C(=O)NC(=S)Nc2ccc(C(=O)NCc3ccco3)cc2)c1. The summed E-state index contributed by atoms with van der Waals surface area (Å²) >= 11 is 5.32. The predicted molar refractivity (Wildman–Crippen MR) is 145 cm³/mol. The molecule has 8 heteroatoms. The van der Waals surface area contributed by atoms with Gasteiger partial charge in [-0.3, -0.25) is 9.59 Å². The number of furan rings is 1. The van der Waals surface area contributed by atoms with Gasteiger partial charge in [0.1, 0.15) is 11.5 Å². The number of amides is 2. The minimum atomic E-state index is -0.618. The number of hydrogen-bond donors (Lipinski definition) is 3. The van der Waals surface area contributed by atoms with Crippen molar-refractivity contribution in [3.8, 4) is 5.75 Å². The van der Waals surface area contributed by atoms with Crippen LogP contribution in [-0.2, 0) is 11.3 Å². The van der Waals surface area contributed by atoms with Crippen LogP contribution in [0.2, 0.25) is 0 Å². The molecule has 1 aromatic heterocycles. The summed E-state index contributed by atoms with van der Waals surface area (Å²) < 4.78 is 11.1. The highest BCUT2D eigenvalue weighted by atomic mass is 32.1. The van der Waals surface area contributed by atoms with E-state index in [0.717, 1.165) is 23.3 Å². The summed E-state index contributed by atoms with van der Waals surface area (Å²) in [5.41, 5.74) is 2.80. The Labute approximate surface area is 217 Å². The maximum absolute atomic E-state index is 12.8. The van der Waals surface area contributed by atoms with Crippen LogP contribution in [0.4, 0.5) is 5.69 Å². The molecule has 0 saturated carbocycles. The van der Waals surface area contributed by atoms with E-state index in [4.69, 9.17) is 21.4 Å². The standard InChI is InChI=1S/C28H33N3O4S/c1-19-8-9-20(2)24(17-19)35-16-6-14-28(3,4)26(33)31-27(36)30-22-12-10-21(11-13-22)25(32)29-18-23-7-5-15-34-23/h5,7-13,15,17H,6,14,16,18H2,1-4H3,(H,29,32)(H2,30,31,33,36). The highest BCUT2D eigenvalue weighted by Gasteiger charge is 2.28. The van der Waals surface area contributed by atoms with E-state index < -0.39 is 5.41 Å². The van der Waals surface area contributed by atoms with Gasteiger partial charge < -0.3 is 25.1 Å². The minimum Gasteiger partial charge on any atom is -0.493 e. The van der Waals surface area contributed by atoms with Gasteiger partial charge in [-0.05, 0) is 92.5 Å². The van der Waals surface area contributed by atoms with E-state index in [0.29, 0.717) is 36.6 Å². The molecule has 3 aromatic rings. The van der Waals surface area contributed by atoms with Gasteiger partial charge in [0.05, 0.1) is 19.4 Å². The fourth-order valence-electron chi connectivity index (χ4n) is 3.49. The molecule has 2 amide bonds. The number of ether oxygens (including phenoxy) is 1. The Hall–Kier alpha value is -3.65. The minimum absolute atomic E-state index is 0.166. The van der Waals surface area contributed by atoms with Gasteiger partial charge in [-0.2, -0.15) is 0 Å². The average Bonchev–Trinajstić information content (AvgIpc) is 3.36. The van der Waals surface area contributed by atoms with Crippen molar-refractivity contribution in [1.82, 2.24) is 10.6 Å². The van der Waals surface area contributed by atoms with Crippen molar-refractivity contribution in [2.45, 2.75) is 47.1 Å². The molecular weight excluding hydrogens is 474 g/mol. The monoisotopic (exact) mass is 507 g/mol. The first kappa shape index (κ1) is 26.9. The smallest absolute Gasteiger partial charge is 0.251 e. The van der Waals surface area contributed by atoms with E-state index in [1.807, 2.05) is 39.8 Å². The summed E-state index contributed by atoms with van der Waals surface area (Å²) in [5, 5.41) is 8.76. The molecule has 0 bridgehead atoms. The van der Waals surface area contributed by atoms with Crippen molar-refractivity contribution in [3.05, 3.63) is 83.3 Å². The topological polar surface area (TPSA) is 92.6 Å². The number of thiocarbonyl (C=S) groups is 1. The summed E-state index contributed by atoms with van der Waals surface area (Å²) in [7, 11) is 0. The maximum Gasteiger partial charge on any atom is 0.251 e. The zero-order valence-electron chi connectivity index (χ0n) is 21.1. The second-order valence-corrected chi connectivity index (χ2v) is 9.76. The number of carbonyl (C=O) groups is 2. The lowest BCUT2D eigenvalue weighted by atomic mass is 9.87. The van der Waals surface area contributed by atoms with Crippen LogP contribution < -0.4 is 20.7 Å². The van der Waals surface area contributed by atoms with E-state index in [2.05, 4.69) is 22.0 Å². The van der Waals surface area contributed by atoms with Gasteiger partial charge in [0.25, 0.3) is 5.91 Å². The van der Waals surface area contributed by atoms with Gasteiger partial charge in [0.2, 0.25) is 5.91 Å². The molecule has 0 spiro atoms. The zero-order chi connectivity index (χ0) is 26.1. The Morgan fingerprint density at radius 3 is 2.50 bits per heavy atom. The van der Waals surface area contributed by atoms with Crippen LogP contribution in [0.1, 0.15) is 53.9 Å². The van der Waals surface area contributed by atoms with E-state index in [9.17, 15) is 9.59 Å². The van der Waals surface area contributed by atoms with Crippen LogP contribution in [0.3, 0.4) is 0 Å². The normalized spacial score (nSPS) is 11.0. The van der Waals surface area contributed by atoms with Crippen molar-refractivity contribution in [2.24, 2.45) is 5.41 Å². The second kappa shape index (κ2) is 12.4. The number of hydrogen-bond acceptors (Lipinski definition) is 5. The van der Waals surface area contributed by atoms with Crippen LogP contribution in [-0.4, -0.2) is 23.5 Å². The Bertz CT molecular complexity index is 1190. The van der Waals surface area contributed by atoms with E-state index >= 15 is 0 Å². The third kappa shape index (κ3) is 7.95. The molecule has 0 fully saturated rings. The zero-order valence-corrected chi connectivity index (χ0v) is 22.0. The lowest BCUT2D eigenvalue weighted by Gasteiger charge is -2.24. The molecular formula is C28H33N3O4S. The molecule has 2 aromatic carbocycles. The first-order valence-electron chi connectivity index (χ1n) is 11.9. The van der Waals surface area contributed by atoms with Gasteiger partial charge in [-0.25, -0.2) is 0 Å². The summed E-state index contributed by atoms with van der Waals surface area (Å²) in [4.78, 5) is 25.1. The molecule has 0 aliphatic carbocycles. The van der Waals surface area contributed by atoms with E-state index in [1.165, 1.54) is 0 Å². The number of anilines is 1. The summed E-state index contributed by atoms with van der Waals surface area (Å²) in [6.45, 7) is 8.68. The number of benzene rings is 2. The fraction of sp³-hybridized carbons (Fsp3) is 0.321. The fourth-order valence-corrected chi connectivity index (χ4v) is 3.71. The highest BCUT2D eigenvalue weighted by molar-refractivity contribution is 7.80. The first-order chi connectivity index (χ1) is 17.1. The number of aryl methyl sites for hydroxylation is 2. The number of carbonyl (C=O) groups excluding carboxylic acids is 2. The number of nitrogens with one attached hydrogen (secondary N) is 3. The molecule has 7 nitrogen and oxygen atoms in total. The van der Waals surface area contributed by atoms with Gasteiger partial charge >= 0.3 is 0 Å². The predicted octanol–water partition coefficient (Wildman–Crippen LogP) is 5.52. The Balaban J connectivity index is 1.42. The molecule has 0 aliphatic rings. The Morgan fingerprint density at radius 2 is 1.81 bits per heavy atom. The molecule has 0 saturated heterocycles. The molecule has 0 atom stereocenters. The molecule has 3 N–H and O–H groups in total. The molecule has 3 rings (SSSR count). The van der Waals surface area contributed by atoms with Gasteiger partial charge in [-0.1, -0.05) is 26.0 Å². The van der Waals surface area contributed by atoms with Crippen molar-refractivity contribution in [1.29, 1.82) is 0 Å². The molecule has 0 unspecified atom stereocenters. The molecule has 1 heterocycles. The second-order valence-electron chi connectivity index (χ2n) is 9.35. The quantitative estimate of drug-likeness (QED) is 0.247. The van der Waals surface area contributed by atoms with Gasteiger partial charge in [-0.15, -0.1) is 0 Å². The van der Waals surface area contributed by atoms with Gasteiger partial charge in [0, 0.05) is 16.7 Å². The van der Waals surface area contributed by atoms with Crippen LogP contribution in [0.5, 0.6) is 5.75 Å². The third-order valence-corrected chi connectivity index (χ3v) is 6.00. The van der Waals surface area contributed by atoms with Gasteiger partial charge in [0.15, 0.2) is 5.11 Å². The van der Waals surface area contributed by atoms with E-state index in [1.54, 1.807) is 42.7 Å². The van der Waals surface area contributed by atoms with Crippen LogP contribution in [0, 0.1) is 19.3 Å². The van der Waals surface area contributed by atoms with E-state index in [-0.39, 0.29) is 16.9 Å².